The number of hydrogen-bond acceptors (Lipinski definition) is 7. The normalized spacial score (nSPS) is 14.5. The minimum atomic E-state index is -1.30. The summed E-state index contributed by atoms with van der Waals surface area (Å²) in [5.74, 6) is -1.64. The fraction of sp³-hybridized carbons (Fsp3) is 0.568. The summed E-state index contributed by atoms with van der Waals surface area (Å²) < 4.78 is 16.6. The van der Waals surface area contributed by atoms with E-state index in [-0.39, 0.29) is 11.0 Å². The molecule has 0 unspecified atom stereocenters. The molecule has 1 aliphatic rings. The van der Waals surface area contributed by atoms with Gasteiger partial charge in [-0.3, -0.25) is 0 Å². The number of unbranched alkanes of at least 4 members (excludes halogenated alkanes) is 8. The quantitative estimate of drug-likeness (QED) is 0.0761. The number of rotatable bonds is 18. The molecule has 0 amide bonds. The molecule has 0 radical (unpaired) electrons. The molecule has 0 aliphatic carbocycles. The molecule has 1 heterocycles. The summed E-state index contributed by atoms with van der Waals surface area (Å²) >= 11 is 0. The molecule has 242 valence electrons. The number of benzene rings is 2. The first-order valence-electron chi connectivity index (χ1n) is 16.5. The molecular weight excluding hydrogens is 552 g/mol. The number of ether oxygens (including phenoxy) is 3. The van der Waals surface area contributed by atoms with E-state index in [0.29, 0.717) is 19.0 Å². The van der Waals surface area contributed by atoms with Crippen LogP contribution in [0.25, 0.3) is 0 Å². The molecule has 1 fully saturated rings. The standard InChI is InChI=1S/C37H54N2O5/c1-7-8-9-16-27-42-31-24-22-30(23-25-31)39-33(32-34(40)43-37(5,6)44-35(32)41)38-26-15-13-11-10-12-14-17-28-18-20-29(21-19-28)36(2,3)4/h18-25,38-39H,7-17,26-27H2,1-6H3. The number of hydrogen-bond donors (Lipinski definition) is 2. The van der Waals surface area contributed by atoms with Gasteiger partial charge in [0.15, 0.2) is 5.57 Å². The van der Waals surface area contributed by atoms with Crippen LogP contribution in [0.1, 0.15) is 117 Å². The van der Waals surface area contributed by atoms with Crippen LogP contribution >= 0.6 is 0 Å². The van der Waals surface area contributed by atoms with Crippen LogP contribution in [-0.2, 0) is 30.9 Å². The van der Waals surface area contributed by atoms with Crippen molar-refractivity contribution in [3.8, 4) is 5.75 Å². The second-order valence-electron chi connectivity index (χ2n) is 13.2. The van der Waals surface area contributed by atoms with Crippen molar-refractivity contribution >= 4 is 17.6 Å². The van der Waals surface area contributed by atoms with Crippen molar-refractivity contribution in [2.24, 2.45) is 0 Å². The number of aryl methyl sites for hydroxylation is 1. The van der Waals surface area contributed by atoms with E-state index in [9.17, 15) is 9.59 Å². The van der Waals surface area contributed by atoms with E-state index in [0.717, 1.165) is 50.0 Å². The molecule has 0 saturated carbocycles. The van der Waals surface area contributed by atoms with Gasteiger partial charge in [0, 0.05) is 26.1 Å². The van der Waals surface area contributed by atoms with Crippen LogP contribution in [0.15, 0.2) is 59.9 Å². The Kier molecular flexibility index (Phi) is 13.6. The molecular formula is C37H54N2O5. The third-order valence-electron chi connectivity index (χ3n) is 7.74. The van der Waals surface area contributed by atoms with Gasteiger partial charge in [0.05, 0.1) is 6.61 Å². The van der Waals surface area contributed by atoms with Gasteiger partial charge in [-0.15, -0.1) is 0 Å². The number of esters is 2. The maximum Gasteiger partial charge on any atom is 0.352 e. The summed E-state index contributed by atoms with van der Waals surface area (Å²) in [6.07, 6.45) is 12.4. The second-order valence-corrected chi connectivity index (χ2v) is 13.2. The van der Waals surface area contributed by atoms with Gasteiger partial charge < -0.3 is 24.8 Å². The van der Waals surface area contributed by atoms with E-state index in [2.05, 4.69) is 62.6 Å². The molecule has 7 nitrogen and oxygen atoms in total. The number of carbonyl (C=O) groups excluding carboxylic acids is 2. The van der Waals surface area contributed by atoms with E-state index < -0.39 is 17.7 Å². The average Bonchev–Trinajstić information content (AvgIpc) is 2.95. The van der Waals surface area contributed by atoms with E-state index in [1.807, 2.05) is 24.3 Å². The third kappa shape index (κ3) is 11.9. The summed E-state index contributed by atoms with van der Waals surface area (Å²) in [4.78, 5) is 25.6. The fourth-order valence-electron chi connectivity index (χ4n) is 5.10. The zero-order valence-corrected chi connectivity index (χ0v) is 27.9. The zero-order chi connectivity index (χ0) is 32.0. The highest BCUT2D eigenvalue weighted by atomic mass is 16.7. The number of carbonyl (C=O) groups is 2. The maximum absolute atomic E-state index is 12.8. The largest absolute Gasteiger partial charge is 0.494 e. The second kappa shape index (κ2) is 17.1. The Hall–Kier alpha value is -3.48. The van der Waals surface area contributed by atoms with Crippen molar-refractivity contribution < 1.29 is 23.8 Å². The van der Waals surface area contributed by atoms with Crippen molar-refractivity contribution in [1.82, 2.24) is 5.32 Å². The lowest BCUT2D eigenvalue weighted by molar-refractivity contribution is -0.222. The summed E-state index contributed by atoms with van der Waals surface area (Å²) in [5.41, 5.74) is 3.53. The van der Waals surface area contributed by atoms with Gasteiger partial charge in [-0.25, -0.2) is 9.59 Å². The summed E-state index contributed by atoms with van der Waals surface area (Å²) in [6.45, 7) is 13.3. The first kappa shape index (κ1) is 35.0. The molecule has 2 aromatic carbocycles. The average molecular weight is 607 g/mol. The number of cyclic esters (lactones) is 2. The molecule has 44 heavy (non-hydrogen) atoms. The maximum atomic E-state index is 12.8. The smallest absolute Gasteiger partial charge is 0.352 e. The lowest BCUT2D eigenvalue weighted by Gasteiger charge is -2.31. The lowest BCUT2D eigenvalue weighted by atomic mass is 9.86. The van der Waals surface area contributed by atoms with Crippen LogP contribution in [0.4, 0.5) is 5.69 Å². The van der Waals surface area contributed by atoms with Crippen LogP contribution in [0, 0.1) is 0 Å². The molecule has 1 aliphatic heterocycles. The van der Waals surface area contributed by atoms with Gasteiger partial charge in [0.25, 0.3) is 5.79 Å². The van der Waals surface area contributed by atoms with E-state index in [4.69, 9.17) is 14.2 Å². The van der Waals surface area contributed by atoms with Gasteiger partial charge >= 0.3 is 11.9 Å². The molecule has 0 spiro atoms. The van der Waals surface area contributed by atoms with Crippen LogP contribution in [0.3, 0.4) is 0 Å². The minimum absolute atomic E-state index is 0.156. The minimum Gasteiger partial charge on any atom is -0.494 e. The molecule has 7 heteroatoms. The van der Waals surface area contributed by atoms with E-state index >= 15 is 0 Å². The SMILES string of the molecule is CCCCCCOc1ccc(NC(NCCCCCCCCc2ccc(C(C)(C)C)cc2)=C2C(=O)OC(C)(C)OC2=O)cc1. The predicted molar refractivity (Wildman–Crippen MR) is 178 cm³/mol. The highest BCUT2D eigenvalue weighted by Gasteiger charge is 2.41. The summed E-state index contributed by atoms with van der Waals surface area (Å²) in [7, 11) is 0. The van der Waals surface area contributed by atoms with Gasteiger partial charge in [-0.05, 0) is 66.5 Å². The molecule has 1 saturated heterocycles. The van der Waals surface area contributed by atoms with Gasteiger partial charge in [-0.2, -0.15) is 0 Å². The Bertz CT molecular complexity index is 1190. The van der Waals surface area contributed by atoms with Crippen molar-refractivity contribution in [2.75, 3.05) is 18.5 Å². The number of nitrogens with one attached hydrogen (secondary N) is 2. The Labute approximate surface area is 265 Å². The Morgan fingerprint density at radius 1 is 0.773 bits per heavy atom. The summed E-state index contributed by atoms with van der Waals surface area (Å²) in [6, 6.07) is 16.5. The first-order chi connectivity index (χ1) is 21.0. The lowest BCUT2D eigenvalue weighted by Crippen LogP contribution is -2.44. The van der Waals surface area contributed by atoms with E-state index in [1.54, 1.807) is 13.8 Å². The van der Waals surface area contributed by atoms with Crippen molar-refractivity contribution in [3.63, 3.8) is 0 Å². The summed E-state index contributed by atoms with van der Waals surface area (Å²) in [5, 5.41) is 6.47. The van der Waals surface area contributed by atoms with Crippen LogP contribution in [0.2, 0.25) is 0 Å². The first-order valence-corrected chi connectivity index (χ1v) is 16.5. The highest BCUT2D eigenvalue weighted by molar-refractivity contribution is 6.16. The predicted octanol–water partition coefficient (Wildman–Crippen LogP) is 8.58. The van der Waals surface area contributed by atoms with Crippen molar-refractivity contribution in [3.05, 3.63) is 71.1 Å². The number of anilines is 1. The molecule has 3 rings (SSSR count). The van der Waals surface area contributed by atoms with Crippen LogP contribution < -0.4 is 15.4 Å². The molecule has 2 aromatic rings. The fourth-order valence-corrected chi connectivity index (χ4v) is 5.10. The van der Waals surface area contributed by atoms with Gasteiger partial charge in [0.2, 0.25) is 0 Å². The van der Waals surface area contributed by atoms with Crippen molar-refractivity contribution in [2.45, 2.75) is 123 Å². The molecule has 0 atom stereocenters. The third-order valence-corrected chi connectivity index (χ3v) is 7.74. The van der Waals surface area contributed by atoms with Crippen LogP contribution in [-0.4, -0.2) is 30.9 Å². The Morgan fingerprint density at radius 3 is 1.98 bits per heavy atom. The Balaban J connectivity index is 1.46. The topological polar surface area (TPSA) is 85.9 Å². The van der Waals surface area contributed by atoms with Gasteiger partial charge in [-0.1, -0.05) is 96.9 Å². The monoisotopic (exact) mass is 606 g/mol. The van der Waals surface area contributed by atoms with Crippen molar-refractivity contribution in [1.29, 1.82) is 0 Å². The highest BCUT2D eigenvalue weighted by Crippen LogP contribution is 2.26. The molecule has 2 N–H and O–H groups in total. The molecule has 0 bridgehead atoms. The van der Waals surface area contributed by atoms with E-state index in [1.165, 1.54) is 43.2 Å². The zero-order valence-electron chi connectivity index (χ0n) is 27.9. The molecule has 0 aromatic heterocycles. The Morgan fingerprint density at radius 2 is 1.36 bits per heavy atom. The van der Waals surface area contributed by atoms with Gasteiger partial charge in [0.1, 0.15) is 11.6 Å². The van der Waals surface area contributed by atoms with Crippen LogP contribution in [0.5, 0.6) is 5.75 Å².